The van der Waals surface area contributed by atoms with Crippen molar-refractivity contribution in [1.29, 1.82) is 0 Å². The minimum atomic E-state index is -0.445. The first-order chi connectivity index (χ1) is 9.08. The van der Waals surface area contributed by atoms with Crippen molar-refractivity contribution >= 4 is 34.7 Å². The highest BCUT2D eigenvalue weighted by molar-refractivity contribution is 7.98. The van der Waals surface area contributed by atoms with Gasteiger partial charge in [0, 0.05) is 10.8 Å². The van der Waals surface area contributed by atoms with E-state index in [0.717, 1.165) is 5.56 Å². The van der Waals surface area contributed by atoms with Gasteiger partial charge in [0.2, 0.25) is 0 Å². The fourth-order valence-corrected chi connectivity index (χ4v) is 2.74. The predicted molar refractivity (Wildman–Crippen MR) is 78.5 cm³/mol. The average molecular weight is 295 g/mol. The molecule has 98 valence electrons. The molecule has 0 aliphatic rings. The molecule has 0 radical (unpaired) electrons. The van der Waals surface area contributed by atoms with Crippen LogP contribution in [0, 0.1) is 10.1 Å². The van der Waals surface area contributed by atoms with Crippen LogP contribution in [0.5, 0.6) is 0 Å². The van der Waals surface area contributed by atoms with Gasteiger partial charge in [-0.15, -0.1) is 11.8 Å². The molecule has 0 saturated heterocycles. The molecule has 6 heteroatoms. The normalized spacial score (nSPS) is 10.4. The van der Waals surface area contributed by atoms with Gasteiger partial charge in [-0.25, -0.2) is 0 Å². The van der Waals surface area contributed by atoms with Crippen LogP contribution < -0.4 is 5.73 Å². The number of nitro benzene ring substituents is 1. The molecule has 4 nitrogen and oxygen atoms in total. The minimum Gasteiger partial charge on any atom is -0.393 e. The highest BCUT2D eigenvalue weighted by atomic mass is 35.5. The zero-order valence-electron chi connectivity index (χ0n) is 9.88. The van der Waals surface area contributed by atoms with Gasteiger partial charge in [0.15, 0.2) is 0 Å². The number of nitro groups is 1. The molecule has 0 aliphatic heterocycles. The first kappa shape index (κ1) is 13.7. The van der Waals surface area contributed by atoms with Gasteiger partial charge in [0.1, 0.15) is 5.69 Å². The zero-order valence-corrected chi connectivity index (χ0v) is 11.4. The van der Waals surface area contributed by atoms with E-state index in [9.17, 15) is 10.1 Å². The van der Waals surface area contributed by atoms with Gasteiger partial charge in [-0.3, -0.25) is 10.1 Å². The van der Waals surface area contributed by atoms with E-state index in [-0.39, 0.29) is 11.4 Å². The van der Waals surface area contributed by atoms with Crippen LogP contribution in [0.3, 0.4) is 0 Å². The lowest BCUT2D eigenvalue weighted by Gasteiger charge is -2.05. The molecule has 2 aromatic rings. The fraction of sp³-hybridized carbons (Fsp3) is 0.0769. The van der Waals surface area contributed by atoms with E-state index in [1.54, 1.807) is 24.3 Å². The Balaban J connectivity index is 2.18. The van der Waals surface area contributed by atoms with E-state index in [2.05, 4.69) is 0 Å². The third-order valence-electron chi connectivity index (χ3n) is 2.52. The van der Waals surface area contributed by atoms with Crippen LogP contribution in [0.15, 0.2) is 47.4 Å². The quantitative estimate of drug-likeness (QED) is 0.398. The number of nitrogens with zero attached hydrogens (tertiary/aromatic N) is 1. The van der Waals surface area contributed by atoms with Gasteiger partial charge in [0.25, 0.3) is 0 Å². The number of anilines is 1. The zero-order chi connectivity index (χ0) is 13.8. The maximum absolute atomic E-state index is 11.0. The third kappa shape index (κ3) is 3.39. The lowest BCUT2D eigenvalue weighted by Crippen LogP contribution is -1.97. The highest BCUT2D eigenvalue weighted by Gasteiger charge is 2.17. The molecule has 0 fully saturated rings. The summed E-state index contributed by atoms with van der Waals surface area (Å²) >= 11 is 7.19. The van der Waals surface area contributed by atoms with E-state index < -0.39 is 4.92 Å². The molecular weight excluding hydrogens is 284 g/mol. The monoisotopic (exact) mass is 294 g/mol. The van der Waals surface area contributed by atoms with E-state index in [4.69, 9.17) is 17.3 Å². The standard InChI is InChI=1S/C13H11ClN2O2S/c14-10-6-4-9(5-7-10)8-19-12-3-1-2-11(15)13(12)16(17)18/h1-7H,8,15H2. The molecule has 2 aromatic carbocycles. The van der Waals surface area contributed by atoms with Crippen LogP contribution >= 0.6 is 23.4 Å². The number of nitrogen functional groups attached to an aromatic ring is 1. The first-order valence-electron chi connectivity index (χ1n) is 5.48. The molecule has 0 atom stereocenters. The number of thioether (sulfide) groups is 1. The summed E-state index contributed by atoms with van der Waals surface area (Å²) in [6.07, 6.45) is 0. The summed E-state index contributed by atoms with van der Waals surface area (Å²) in [5.74, 6) is 0.626. The van der Waals surface area contributed by atoms with Crippen molar-refractivity contribution in [3.63, 3.8) is 0 Å². The van der Waals surface area contributed by atoms with Crippen molar-refractivity contribution < 1.29 is 4.92 Å². The Labute approximate surface area is 119 Å². The molecule has 0 heterocycles. The van der Waals surface area contributed by atoms with Crippen molar-refractivity contribution in [1.82, 2.24) is 0 Å². The summed E-state index contributed by atoms with van der Waals surface area (Å²) in [7, 11) is 0. The second-order valence-electron chi connectivity index (χ2n) is 3.87. The van der Waals surface area contributed by atoms with Gasteiger partial charge in [-0.05, 0) is 29.8 Å². The average Bonchev–Trinajstić information content (AvgIpc) is 2.37. The van der Waals surface area contributed by atoms with Crippen molar-refractivity contribution in [2.45, 2.75) is 10.6 Å². The lowest BCUT2D eigenvalue weighted by molar-refractivity contribution is -0.386. The summed E-state index contributed by atoms with van der Waals surface area (Å²) in [4.78, 5) is 11.1. The van der Waals surface area contributed by atoms with E-state index in [1.807, 2.05) is 12.1 Å². The third-order valence-corrected chi connectivity index (χ3v) is 3.89. The molecule has 19 heavy (non-hydrogen) atoms. The number of hydrogen-bond donors (Lipinski definition) is 1. The molecule has 0 aliphatic carbocycles. The second kappa shape index (κ2) is 5.95. The van der Waals surface area contributed by atoms with Crippen molar-refractivity contribution in [3.8, 4) is 0 Å². The van der Waals surface area contributed by atoms with E-state index >= 15 is 0 Å². The van der Waals surface area contributed by atoms with Crippen LogP contribution in [0.4, 0.5) is 11.4 Å². The largest absolute Gasteiger partial charge is 0.393 e. The lowest BCUT2D eigenvalue weighted by atomic mass is 10.2. The van der Waals surface area contributed by atoms with Crippen LogP contribution in [0.1, 0.15) is 5.56 Å². The Morgan fingerprint density at radius 2 is 1.89 bits per heavy atom. The van der Waals surface area contributed by atoms with Crippen LogP contribution in [0.25, 0.3) is 0 Å². The fourth-order valence-electron chi connectivity index (χ4n) is 1.59. The maximum Gasteiger partial charge on any atom is 0.305 e. The van der Waals surface area contributed by atoms with Gasteiger partial charge in [-0.1, -0.05) is 29.8 Å². The minimum absolute atomic E-state index is 0.0264. The molecule has 0 saturated carbocycles. The summed E-state index contributed by atoms with van der Waals surface area (Å²) in [5.41, 5.74) is 6.85. The molecule has 0 unspecified atom stereocenters. The molecule has 0 spiro atoms. The van der Waals surface area contributed by atoms with Gasteiger partial charge in [0.05, 0.1) is 9.82 Å². The Bertz CT molecular complexity index is 602. The Morgan fingerprint density at radius 3 is 2.53 bits per heavy atom. The molecule has 0 aromatic heterocycles. The summed E-state index contributed by atoms with van der Waals surface area (Å²) < 4.78 is 0. The van der Waals surface area contributed by atoms with Crippen LogP contribution in [-0.2, 0) is 5.75 Å². The number of halogens is 1. The molecular formula is C13H11ClN2O2S. The van der Waals surface area contributed by atoms with Crippen molar-refractivity contribution in [2.75, 3.05) is 5.73 Å². The van der Waals surface area contributed by atoms with Crippen molar-refractivity contribution in [3.05, 3.63) is 63.2 Å². The number of benzene rings is 2. The summed E-state index contributed by atoms with van der Waals surface area (Å²) in [6.45, 7) is 0. The van der Waals surface area contributed by atoms with Crippen molar-refractivity contribution in [2.24, 2.45) is 0 Å². The molecule has 2 N–H and O–H groups in total. The smallest absolute Gasteiger partial charge is 0.305 e. The van der Waals surface area contributed by atoms with Crippen LogP contribution in [0.2, 0.25) is 5.02 Å². The van der Waals surface area contributed by atoms with Gasteiger partial charge >= 0.3 is 5.69 Å². The van der Waals surface area contributed by atoms with Gasteiger partial charge in [-0.2, -0.15) is 0 Å². The van der Waals surface area contributed by atoms with E-state index in [0.29, 0.717) is 15.7 Å². The highest BCUT2D eigenvalue weighted by Crippen LogP contribution is 2.35. The maximum atomic E-state index is 11.0. The predicted octanol–water partition coefficient (Wildman–Crippen LogP) is 4.12. The number of nitrogens with two attached hydrogens (primary N) is 1. The number of para-hydroxylation sites is 1. The molecule has 0 bridgehead atoms. The molecule has 0 amide bonds. The van der Waals surface area contributed by atoms with E-state index in [1.165, 1.54) is 17.8 Å². The Kier molecular flexibility index (Phi) is 4.29. The number of rotatable bonds is 4. The first-order valence-corrected chi connectivity index (χ1v) is 6.84. The summed E-state index contributed by atoms with van der Waals surface area (Å²) in [5, 5.41) is 11.7. The topological polar surface area (TPSA) is 69.2 Å². The number of hydrogen-bond acceptors (Lipinski definition) is 4. The second-order valence-corrected chi connectivity index (χ2v) is 5.32. The molecule has 2 rings (SSSR count). The van der Waals surface area contributed by atoms with Gasteiger partial charge < -0.3 is 5.73 Å². The SMILES string of the molecule is Nc1cccc(SCc2ccc(Cl)cc2)c1[N+](=O)[O-]. The Morgan fingerprint density at radius 1 is 1.21 bits per heavy atom. The van der Waals surface area contributed by atoms with Crippen LogP contribution in [-0.4, -0.2) is 4.92 Å². The Hall–Kier alpha value is -1.72. The summed E-state index contributed by atoms with van der Waals surface area (Å²) in [6, 6.07) is 12.3.